The third-order valence-corrected chi connectivity index (χ3v) is 14.1. The molecule has 2 heteroatoms. The first-order valence-corrected chi connectivity index (χ1v) is 21.6. The van der Waals surface area contributed by atoms with E-state index in [-0.39, 0.29) is 16.7 Å². The van der Waals surface area contributed by atoms with Gasteiger partial charge in [-0.3, -0.25) is 0 Å². The average Bonchev–Trinajstić information content (AvgIpc) is 3.74. The second-order valence-corrected chi connectivity index (χ2v) is 17.4. The zero-order valence-corrected chi connectivity index (χ0v) is 34.0. The van der Waals surface area contributed by atoms with E-state index in [0.717, 1.165) is 30.6 Å². The van der Waals surface area contributed by atoms with Gasteiger partial charge in [0.1, 0.15) is 0 Å². The lowest BCUT2D eigenvalue weighted by Gasteiger charge is -2.43. The minimum atomic E-state index is -0.292. The largest absolute Gasteiger partial charge is 0.337 e. The van der Waals surface area contributed by atoms with Crippen molar-refractivity contribution in [3.63, 3.8) is 0 Å². The quantitative estimate of drug-likeness (QED) is 0.149. The van der Waals surface area contributed by atoms with E-state index >= 15 is 0 Å². The number of fused-ring (bicyclic) bond motifs is 6. The molecule has 4 aliphatic carbocycles. The molecule has 288 valence electrons. The van der Waals surface area contributed by atoms with Crippen molar-refractivity contribution in [2.45, 2.75) is 55.9 Å². The van der Waals surface area contributed by atoms with E-state index < -0.39 is 0 Å². The van der Waals surface area contributed by atoms with Crippen LogP contribution in [0.4, 0.5) is 28.4 Å². The molecule has 6 aromatic carbocycles. The van der Waals surface area contributed by atoms with Gasteiger partial charge in [0.05, 0.1) is 5.41 Å². The van der Waals surface area contributed by atoms with E-state index in [2.05, 4.69) is 230 Å². The maximum absolute atomic E-state index is 2.61. The normalized spacial score (nSPS) is 25.9. The van der Waals surface area contributed by atoms with Gasteiger partial charge in [0.25, 0.3) is 0 Å². The number of nitrogens with zero attached hydrogens (tertiary/aromatic N) is 2. The van der Waals surface area contributed by atoms with Crippen LogP contribution in [0.2, 0.25) is 0 Å². The lowest BCUT2D eigenvalue weighted by atomic mass is 9.59. The van der Waals surface area contributed by atoms with Crippen LogP contribution in [0.3, 0.4) is 0 Å². The molecule has 2 nitrogen and oxygen atoms in total. The van der Waals surface area contributed by atoms with Crippen molar-refractivity contribution in [1.29, 1.82) is 0 Å². The van der Waals surface area contributed by atoms with Crippen LogP contribution in [0, 0.1) is 11.8 Å². The second kappa shape index (κ2) is 14.2. The first-order valence-electron chi connectivity index (χ1n) is 21.6. The SMILES string of the molecule is CC1C=CC2c3ccc(-c4ccc(N(c5ccccc5)c5ccc6c(c5)C5(C)C=CC=CC5C6(C5=CCCC=C5)c5ccccc5)cc4)cc3N(c3ccccc3)C2C1. The molecule has 0 saturated heterocycles. The molecule has 1 aliphatic heterocycles. The Bertz CT molecular complexity index is 2690. The van der Waals surface area contributed by atoms with Crippen LogP contribution in [0.5, 0.6) is 0 Å². The number of allylic oxidation sites excluding steroid dienone is 9. The lowest BCUT2D eigenvalue weighted by molar-refractivity contribution is 0.365. The van der Waals surface area contributed by atoms with E-state index in [1.807, 2.05) is 0 Å². The van der Waals surface area contributed by atoms with Gasteiger partial charge in [0.15, 0.2) is 0 Å². The van der Waals surface area contributed by atoms with Crippen molar-refractivity contribution >= 4 is 28.4 Å². The Morgan fingerprint density at radius 2 is 1.34 bits per heavy atom. The fourth-order valence-corrected chi connectivity index (χ4v) is 11.4. The Hall–Kier alpha value is -6.38. The van der Waals surface area contributed by atoms with Gasteiger partial charge in [-0.05, 0) is 119 Å². The van der Waals surface area contributed by atoms with Gasteiger partial charge in [-0.1, -0.05) is 166 Å². The van der Waals surface area contributed by atoms with Crippen LogP contribution < -0.4 is 9.80 Å². The Morgan fingerprint density at radius 3 is 2.10 bits per heavy atom. The zero-order valence-electron chi connectivity index (χ0n) is 34.0. The molecule has 0 N–H and O–H groups in total. The number of para-hydroxylation sites is 2. The summed E-state index contributed by atoms with van der Waals surface area (Å²) in [4.78, 5) is 5.05. The molecule has 6 atom stereocenters. The van der Waals surface area contributed by atoms with Crippen LogP contribution in [0.1, 0.15) is 61.3 Å². The van der Waals surface area contributed by atoms with E-state index in [9.17, 15) is 0 Å². The molecule has 0 radical (unpaired) electrons. The molecule has 0 fully saturated rings. The number of hydrogen-bond donors (Lipinski definition) is 0. The minimum Gasteiger partial charge on any atom is -0.337 e. The van der Waals surface area contributed by atoms with Gasteiger partial charge in [0.2, 0.25) is 0 Å². The Kier molecular flexibility index (Phi) is 8.59. The molecule has 11 rings (SSSR count). The molecule has 0 bridgehead atoms. The fourth-order valence-electron chi connectivity index (χ4n) is 11.4. The van der Waals surface area contributed by atoms with Gasteiger partial charge in [-0.2, -0.15) is 0 Å². The number of anilines is 5. The van der Waals surface area contributed by atoms with Crippen molar-refractivity contribution in [3.05, 3.63) is 234 Å². The molecule has 1 heterocycles. The summed E-state index contributed by atoms with van der Waals surface area (Å²) in [5.74, 6) is 1.22. The Morgan fingerprint density at radius 1 is 0.627 bits per heavy atom. The highest BCUT2D eigenvalue weighted by atomic mass is 15.2. The second-order valence-electron chi connectivity index (χ2n) is 17.4. The van der Waals surface area contributed by atoms with Crippen LogP contribution in [-0.4, -0.2) is 6.04 Å². The number of hydrogen-bond acceptors (Lipinski definition) is 2. The molecule has 6 unspecified atom stereocenters. The van der Waals surface area contributed by atoms with Crippen molar-refractivity contribution in [3.8, 4) is 11.1 Å². The van der Waals surface area contributed by atoms with Crippen molar-refractivity contribution < 1.29 is 0 Å². The first-order chi connectivity index (χ1) is 29.0. The van der Waals surface area contributed by atoms with Crippen molar-refractivity contribution in [1.82, 2.24) is 0 Å². The smallest absolute Gasteiger partial charge is 0.0525 e. The van der Waals surface area contributed by atoms with E-state index in [1.165, 1.54) is 56.0 Å². The fraction of sp³-hybridized carbons (Fsp3) is 0.193. The van der Waals surface area contributed by atoms with Crippen molar-refractivity contribution in [2.24, 2.45) is 11.8 Å². The molecule has 5 aliphatic rings. The van der Waals surface area contributed by atoms with Gasteiger partial charge in [0, 0.05) is 51.7 Å². The summed E-state index contributed by atoms with van der Waals surface area (Å²) >= 11 is 0. The third kappa shape index (κ3) is 5.60. The summed E-state index contributed by atoms with van der Waals surface area (Å²) in [7, 11) is 0. The van der Waals surface area contributed by atoms with E-state index in [1.54, 1.807) is 0 Å². The summed E-state index contributed by atoms with van der Waals surface area (Å²) in [6, 6.07) is 57.3. The average molecular weight is 763 g/mol. The highest BCUT2D eigenvalue weighted by Crippen LogP contribution is 2.63. The Balaban J connectivity index is 1.01. The van der Waals surface area contributed by atoms with Crippen LogP contribution in [0.15, 0.2) is 212 Å². The molecular formula is C57H50N2. The van der Waals surface area contributed by atoms with Gasteiger partial charge in [-0.15, -0.1) is 0 Å². The molecule has 0 amide bonds. The van der Waals surface area contributed by atoms with Gasteiger partial charge < -0.3 is 9.80 Å². The summed E-state index contributed by atoms with van der Waals surface area (Å²) in [5, 5.41) is 0. The Labute approximate surface area is 349 Å². The van der Waals surface area contributed by atoms with Gasteiger partial charge in [-0.25, -0.2) is 0 Å². The van der Waals surface area contributed by atoms with Crippen LogP contribution >= 0.6 is 0 Å². The predicted molar refractivity (Wildman–Crippen MR) is 247 cm³/mol. The summed E-state index contributed by atoms with van der Waals surface area (Å²) in [6.45, 7) is 4.81. The summed E-state index contributed by atoms with van der Waals surface area (Å²) in [5.41, 5.74) is 15.1. The molecule has 59 heavy (non-hydrogen) atoms. The van der Waals surface area contributed by atoms with Crippen LogP contribution in [0.25, 0.3) is 11.1 Å². The van der Waals surface area contributed by atoms with Gasteiger partial charge >= 0.3 is 0 Å². The van der Waals surface area contributed by atoms with E-state index in [0.29, 0.717) is 17.9 Å². The molecule has 0 saturated carbocycles. The molecule has 6 aromatic rings. The first kappa shape index (κ1) is 35.8. The topological polar surface area (TPSA) is 6.48 Å². The summed E-state index contributed by atoms with van der Waals surface area (Å²) in [6.07, 6.45) is 25.0. The monoisotopic (exact) mass is 762 g/mol. The zero-order chi connectivity index (χ0) is 39.6. The maximum Gasteiger partial charge on any atom is 0.0525 e. The third-order valence-electron chi connectivity index (χ3n) is 14.1. The number of benzene rings is 6. The minimum absolute atomic E-state index is 0.194. The maximum atomic E-state index is 2.61. The standard InChI is InChI=1S/C57H50N2/c1-40-26-33-49-50-34-29-42(38-54(50)59(53(49)37-40)46-23-13-6-14-24-46)41-27-30-47(31-28-41)58(45-21-11-5-12-22-45)48-32-35-51-52(39-48)56(2)36-16-15-25-55(56)57(51,43-17-7-3-8-18-43)44-19-9-4-10-20-44/h3,5-9,11-36,38-40,49,53,55H,4,10,37H2,1-2H3. The van der Waals surface area contributed by atoms with E-state index in [4.69, 9.17) is 0 Å². The highest BCUT2D eigenvalue weighted by molar-refractivity contribution is 5.83. The summed E-state index contributed by atoms with van der Waals surface area (Å²) < 4.78 is 0. The lowest BCUT2D eigenvalue weighted by Crippen LogP contribution is -2.40. The van der Waals surface area contributed by atoms with Crippen LogP contribution in [-0.2, 0) is 10.8 Å². The molecular weight excluding hydrogens is 713 g/mol. The number of rotatable bonds is 7. The van der Waals surface area contributed by atoms with Crippen molar-refractivity contribution in [2.75, 3.05) is 9.80 Å². The molecule has 0 spiro atoms. The molecule has 0 aromatic heterocycles. The highest BCUT2D eigenvalue weighted by Gasteiger charge is 2.58. The predicted octanol–water partition coefficient (Wildman–Crippen LogP) is 14.6.